The lowest BCUT2D eigenvalue weighted by atomic mass is 9.67. The molecule has 0 bridgehead atoms. The fourth-order valence-electron chi connectivity index (χ4n) is 3.69. The lowest BCUT2D eigenvalue weighted by molar-refractivity contribution is 0.338. The predicted molar refractivity (Wildman–Crippen MR) is 92.2 cm³/mol. The average molecular weight is 299 g/mol. The quantitative estimate of drug-likeness (QED) is 0.771. The van der Waals surface area contributed by atoms with E-state index in [0.717, 1.165) is 13.1 Å². The van der Waals surface area contributed by atoms with Gasteiger partial charge in [-0.15, -0.1) is 11.3 Å². The molecule has 1 nitrogen and oxygen atoms in total. The van der Waals surface area contributed by atoms with Gasteiger partial charge in [-0.2, -0.15) is 0 Å². The fourth-order valence-corrected chi connectivity index (χ4v) is 4.54. The highest BCUT2D eigenvalue weighted by Crippen LogP contribution is 2.40. The zero-order valence-electron chi connectivity index (χ0n) is 12.9. The molecule has 0 amide bonds. The summed E-state index contributed by atoms with van der Waals surface area (Å²) in [4.78, 5) is 1.52. The van der Waals surface area contributed by atoms with Crippen molar-refractivity contribution in [3.63, 3.8) is 0 Å². The first-order chi connectivity index (χ1) is 10.3. The molecule has 1 aromatic carbocycles. The van der Waals surface area contributed by atoms with Crippen LogP contribution in [-0.4, -0.2) is 13.1 Å². The first-order valence-electron chi connectivity index (χ1n) is 8.15. The van der Waals surface area contributed by atoms with Gasteiger partial charge < -0.3 is 5.32 Å². The van der Waals surface area contributed by atoms with Gasteiger partial charge in [-0.1, -0.05) is 37.3 Å². The van der Waals surface area contributed by atoms with Gasteiger partial charge in [-0.25, -0.2) is 0 Å². The highest BCUT2D eigenvalue weighted by molar-refractivity contribution is 7.09. The lowest BCUT2D eigenvalue weighted by Gasteiger charge is -2.39. The molecule has 3 rings (SSSR count). The van der Waals surface area contributed by atoms with Crippen LogP contribution in [0, 0.1) is 0 Å². The Labute approximate surface area is 132 Å². The Morgan fingerprint density at radius 2 is 2.10 bits per heavy atom. The Balaban J connectivity index is 1.92. The smallest absolute Gasteiger partial charge is 0.0129 e. The summed E-state index contributed by atoms with van der Waals surface area (Å²) in [5, 5.41) is 5.91. The number of rotatable bonds is 6. The van der Waals surface area contributed by atoms with E-state index in [0.29, 0.717) is 0 Å². The van der Waals surface area contributed by atoms with E-state index in [1.54, 1.807) is 11.1 Å². The Kier molecular flexibility index (Phi) is 4.77. The maximum atomic E-state index is 3.70. The van der Waals surface area contributed by atoms with Crippen LogP contribution < -0.4 is 5.32 Å². The van der Waals surface area contributed by atoms with E-state index >= 15 is 0 Å². The zero-order valence-corrected chi connectivity index (χ0v) is 13.7. The number of aryl methyl sites for hydroxylation is 1. The van der Waals surface area contributed by atoms with Crippen LogP contribution in [-0.2, 0) is 18.3 Å². The molecule has 112 valence electrons. The van der Waals surface area contributed by atoms with Crippen molar-refractivity contribution in [2.45, 2.75) is 44.4 Å². The van der Waals surface area contributed by atoms with Crippen molar-refractivity contribution >= 4 is 11.3 Å². The first-order valence-corrected chi connectivity index (χ1v) is 9.03. The van der Waals surface area contributed by atoms with Crippen LogP contribution in [0.5, 0.6) is 0 Å². The fraction of sp³-hybridized carbons (Fsp3) is 0.474. The van der Waals surface area contributed by atoms with E-state index in [9.17, 15) is 0 Å². The minimum Gasteiger partial charge on any atom is -0.316 e. The summed E-state index contributed by atoms with van der Waals surface area (Å²) in [6, 6.07) is 13.6. The molecule has 0 fully saturated rings. The molecular weight excluding hydrogens is 274 g/mol. The van der Waals surface area contributed by atoms with Crippen LogP contribution in [0.4, 0.5) is 0 Å². The van der Waals surface area contributed by atoms with Gasteiger partial charge in [0.05, 0.1) is 0 Å². The van der Waals surface area contributed by atoms with E-state index in [4.69, 9.17) is 0 Å². The van der Waals surface area contributed by atoms with Crippen molar-refractivity contribution < 1.29 is 0 Å². The van der Waals surface area contributed by atoms with Crippen molar-refractivity contribution in [1.82, 2.24) is 5.32 Å². The van der Waals surface area contributed by atoms with Gasteiger partial charge in [-0.3, -0.25) is 0 Å². The summed E-state index contributed by atoms with van der Waals surface area (Å²) in [5.41, 5.74) is 3.45. The van der Waals surface area contributed by atoms with Gasteiger partial charge in [0.1, 0.15) is 0 Å². The normalized spacial score (nSPS) is 21.2. The minimum atomic E-state index is 0.287. The largest absolute Gasteiger partial charge is 0.316 e. The molecule has 0 aliphatic heterocycles. The van der Waals surface area contributed by atoms with Gasteiger partial charge in [-0.05, 0) is 61.2 Å². The third kappa shape index (κ3) is 3.22. The molecule has 0 radical (unpaired) electrons. The summed E-state index contributed by atoms with van der Waals surface area (Å²) in [7, 11) is 0. The minimum absolute atomic E-state index is 0.287. The standard InChI is InChI=1S/C19H25NS/c1-2-12-20-15-19(14-17-9-6-13-21-17)11-5-8-16-7-3-4-10-18(16)19/h3-4,6-7,9-10,13,20H,2,5,8,11-12,14-15H2,1H3. The van der Waals surface area contributed by atoms with E-state index in [1.807, 2.05) is 11.3 Å². The number of thiophene rings is 1. The zero-order chi connectivity index (χ0) is 14.5. The monoisotopic (exact) mass is 299 g/mol. The molecule has 1 aliphatic rings. The first kappa shape index (κ1) is 14.8. The Morgan fingerprint density at radius 1 is 1.19 bits per heavy atom. The van der Waals surface area contributed by atoms with Gasteiger partial charge in [0, 0.05) is 16.8 Å². The molecular formula is C19H25NS. The van der Waals surface area contributed by atoms with Gasteiger partial charge in [0.25, 0.3) is 0 Å². The average Bonchev–Trinajstić information content (AvgIpc) is 3.01. The number of hydrogen-bond acceptors (Lipinski definition) is 2. The highest BCUT2D eigenvalue weighted by Gasteiger charge is 2.36. The Morgan fingerprint density at radius 3 is 2.90 bits per heavy atom. The maximum Gasteiger partial charge on any atom is 0.0129 e. The third-order valence-electron chi connectivity index (χ3n) is 4.67. The molecule has 0 saturated carbocycles. The Hall–Kier alpha value is -1.12. The number of fused-ring (bicyclic) bond motifs is 1. The van der Waals surface area contributed by atoms with Crippen molar-refractivity contribution in [3.05, 3.63) is 57.8 Å². The Bertz CT molecular complexity index is 561. The molecule has 1 aliphatic carbocycles. The van der Waals surface area contributed by atoms with Crippen molar-refractivity contribution in [1.29, 1.82) is 0 Å². The van der Waals surface area contributed by atoms with Crippen LogP contribution in [0.15, 0.2) is 41.8 Å². The number of hydrogen-bond donors (Lipinski definition) is 1. The van der Waals surface area contributed by atoms with Crippen LogP contribution in [0.1, 0.15) is 42.2 Å². The van der Waals surface area contributed by atoms with Crippen molar-refractivity contribution in [2.75, 3.05) is 13.1 Å². The molecule has 2 aromatic rings. The van der Waals surface area contributed by atoms with E-state index < -0.39 is 0 Å². The molecule has 1 heterocycles. The third-order valence-corrected chi connectivity index (χ3v) is 5.55. The predicted octanol–water partition coefficient (Wildman–Crippen LogP) is 4.56. The van der Waals surface area contributed by atoms with Crippen LogP contribution in [0.3, 0.4) is 0 Å². The number of benzene rings is 1. The van der Waals surface area contributed by atoms with Gasteiger partial charge in [0.15, 0.2) is 0 Å². The lowest BCUT2D eigenvalue weighted by Crippen LogP contribution is -2.42. The summed E-state index contributed by atoms with van der Waals surface area (Å²) in [6.45, 7) is 4.47. The highest BCUT2D eigenvalue weighted by atomic mass is 32.1. The topological polar surface area (TPSA) is 12.0 Å². The van der Waals surface area contributed by atoms with Crippen LogP contribution in [0.25, 0.3) is 0 Å². The SMILES string of the molecule is CCCNCC1(Cc2cccs2)CCCc2ccccc21. The molecule has 1 atom stereocenters. The van der Waals surface area contributed by atoms with E-state index in [1.165, 1.54) is 37.0 Å². The molecule has 0 spiro atoms. The van der Waals surface area contributed by atoms with Gasteiger partial charge >= 0.3 is 0 Å². The van der Waals surface area contributed by atoms with Gasteiger partial charge in [0.2, 0.25) is 0 Å². The maximum absolute atomic E-state index is 3.70. The number of nitrogens with one attached hydrogen (secondary N) is 1. The van der Waals surface area contributed by atoms with Crippen LogP contribution in [0.2, 0.25) is 0 Å². The summed E-state index contributed by atoms with van der Waals surface area (Å²) < 4.78 is 0. The second kappa shape index (κ2) is 6.76. The van der Waals surface area contributed by atoms with E-state index in [2.05, 4.69) is 54.0 Å². The molecule has 2 heteroatoms. The second-order valence-corrected chi connectivity index (χ2v) is 7.26. The molecule has 0 saturated heterocycles. The molecule has 21 heavy (non-hydrogen) atoms. The van der Waals surface area contributed by atoms with Crippen molar-refractivity contribution in [3.8, 4) is 0 Å². The van der Waals surface area contributed by atoms with Crippen molar-refractivity contribution in [2.24, 2.45) is 0 Å². The summed E-state index contributed by atoms with van der Waals surface area (Å²) in [6.07, 6.45) is 6.25. The van der Waals surface area contributed by atoms with Crippen LogP contribution >= 0.6 is 11.3 Å². The van der Waals surface area contributed by atoms with E-state index in [-0.39, 0.29) is 5.41 Å². The summed E-state index contributed by atoms with van der Waals surface area (Å²) >= 11 is 1.90. The summed E-state index contributed by atoms with van der Waals surface area (Å²) in [5.74, 6) is 0. The molecule has 1 unspecified atom stereocenters. The molecule has 1 N–H and O–H groups in total. The molecule has 1 aromatic heterocycles. The second-order valence-electron chi connectivity index (χ2n) is 6.22.